The number of esters is 2. The van der Waals surface area contributed by atoms with Crippen molar-refractivity contribution in [2.75, 3.05) is 14.2 Å². The second-order valence-corrected chi connectivity index (χ2v) is 11.9. The van der Waals surface area contributed by atoms with Gasteiger partial charge < -0.3 is 27.8 Å². The van der Waals surface area contributed by atoms with Crippen molar-refractivity contribution >= 4 is 23.3 Å². The molecule has 0 saturated heterocycles. The van der Waals surface area contributed by atoms with E-state index in [0.717, 1.165) is 30.6 Å². The van der Waals surface area contributed by atoms with Crippen LogP contribution in [0.5, 0.6) is 11.5 Å². The number of aryl methyl sites for hydroxylation is 1. The zero-order valence-electron chi connectivity index (χ0n) is 29.5. The first kappa shape index (κ1) is 37.1. The third-order valence-corrected chi connectivity index (χ3v) is 8.24. The summed E-state index contributed by atoms with van der Waals surface area (Å²) < 4.78 is 44.6. The van der Waals surface area contributed by atoms with Gasteiger partial charge in [-0.2, -0.15) is 0 Å². The lowest BCUT2D eigenvalue weighted by Crippen LogP contribution is -2.05. The Labute approximate surface area is 301 Å². The van der Waals surface area contributed by atoms with Gasteiger partial charge in [0.1, 0.15) is 53.2 Å². The topological polar surface area (TPSA) is 114 Å². The van der Waals surface area contributed by atoms with Gasteiger partial charge in [0.2, 0.25) is 0 Å². The molecule has 0 saturated carbocycles. The van der Waals surface area contributed by atoms with Crippen molar-refractivity contribution in [3.8, 4) is 11.5 Å². The third kappa shape index (κ3) is 9.14. The molecule has 6 rings (SSSR count). The maximum absolute atomic E-state index is 12.9. The van der Waals surface area contributed by atoms with Gasteiger partial charge in [0.15, 0.2) is 11.5 Å². The Bertz CT molecular complexity index is 2080. The lowest BCUT2D eigenvalue weighted by atomic mass is 9.86. The summed E-state index contributed by atoms with van der Waals surface area (Å²) in [7, 11) is 2.64. The molecule has 52 heavy (non-hydrogen) atoms. The summed E-state index contributed by atoms with van der Waals surface area (Å²) in [4.78, 5) is 35.6. The molecule has 0 fully saturated rings. The molecule has 0 atom stereocenters. The van der Waals surface area contributed by atoms with E-state index in [1.54, 1.807) is 37.3 Å². The highest BCUT2D eigenvalue weighted by molar-refractivity contribution is 6.09. The van der Waals surface area contributed by atoms with Crippen LogP contribution in [0.15, 0.2) is 112 Å². The first-order valence-corrected chi connectivity index (χ1v) is 16.6. The van der Waals surface area contributed by atoms with Crippen molar-refractivity contribution < 1.29 is 46.6 Å². The first-order valence-electron chi connectivity index (χ1n) is 16.6. The number of halogens is 1. The number of carbonyl (C=O) groups excluding carboxylic acids is 3. The normalized spacial score (nSPS) is 11.8. The summed E-state index contributed by atoms with van der Waals surface area (Å²) in [6, 6.07) is 21.2. The predicted octanol–water partition coefficient (Wildman–Crippen LogP) is 9.26. The van der Waals surface area contributed by atoms with Crippen molar-refractivity contribution in [1.82, 2.24) is 0 Å². The highest BCUT2D eigenvalue weighted by atomic mass is 19.1. The van der Waals surface area contributed by atoms with Crippen molar-refractivity contribution in [1.29, 1.82) is 0 Å². The summed E-state index contributed by atoms with van der Waals surface area (Å²) in [5.41, 5.74) is 6.59. The second kappa shape index (κ2) is 17.2. The van der Waals surface area contributed by atoms with Gasteiger partial charge in [-0.05, 0) is 109 Å². The van der Waals surface area contributed by atoms with E-state index in [0.29, 0.717) is 45.3 Å². The number of hydrogen-bond donors (Lipinski definition) is 0. The lowest BCUT2D eigenvalue weighted by Gasteiger charge is -2.20. The summed E-state index contributed by atoms with van der Waals surface area (Å²) >= 11 is 0. The maximum Gasteiger partial charge on any atom is 0.341 e. The van der Waals surface area contributed by atoms with Gasteiger partial charge in [0.25, 0.3) is 0 Å². The van der Waals surface area contributed by atoms with E-state index in [1.807, 2.05) is 6.07 Å². The highest BCUT2D eigenvalue weighted by Gasteiger charge is 2.18. The third-order valence-electron chi connectivity index (χ3n) is 8.24. The Hall–Kier alpha value is -6.16. The van der Waals surface area contributed by atoms with Crippen molar-refractivity contribution in [3.63, 3.8) is 0 Å². The van der Waals surface area contributed by atoms with Crippen LogP contribution >= 0.6 is 0 Å². The minimum absolute atomic E-state index is 0.0443. The zero-order chi connectivity index (χ0) is 37.2. The Morgan fingerprint density at radius 2 is 1.44 bits per heavy atom. The van der Waals surface area contributed by atoms with Crippen LogP contribution in [0.2, 0.25) is 0 Å². The van der Waals surface area contributed by atoms with E-state index in [9.17, 15) is 18.8 Å². The molecule has 268 valence electrons. The van der Waals surface area contributed by atoms with Crippen molar-refractivity contribution in [2.24, 2.45) is 0 Å². The minimum atomic E-state index is -0.502. The molecule has 0 unspecified atom stereocenters. The highest BCUT2D eigenvalue weighted by Crippen LogP contribution is 2.34. The number of rotatable bonds is 12. The number of benzene rings is 3. The molecule has 2 heterocycles. The molecule has 5 aromatic rings. The molecule has 0 amide bonds. The molecule has 2 aromatic heterocycles. The van der Waals surface area contributed by atoms with E-state index >= 15 is 0 Å². The van der Waals surface area contributed by atoms with Gasteiger partial charge in [0, 0.05) is 11.1 Å². The van der Waals surface area contributed by atoms with Gasteiger partial charge in [-0.15, -0.1) is 0 Å². The quantitative estimate of drug-likeness (QED) is 0.0925. The molecule has 1 aliphatic carbocycles. The molecule has 0 radical (unpaired) electrons. The van der Waals surface area contributed by atoms with Crippen LogP contribution in [0.4, 0.5) is 4.39 Å². The number of ether oxygens (including phenoxy) is 4. The molecule has 0 bridgehead atoms. The monoisotopic (exact) mass is 706 g/mol. The lowest BCUT2D eigenvalue weighted by molar-refractivity contribution is 0.0588. The molecule has 0 N–H and O–H groups in total. The zero-order valence-corrected chi connectivity index (χ0v) is 29.5. The molecular formula is C42H39FO9. The van der Waals surface area contributed by atoms with Gasteiger partial charge in [-0.1, -0.05) is 37.6 Å². The van der Waals surface area contributed by atoms with Gasteiger partial charge in [0.05, 0.1) is 20.5 Å². The number of fused-ring (bicyclic) bond motifs is 1. The van der Waals surface area contributed by atoms with Crippen LogP contribution in [-0.2, 0) is 29.1 Å². The number of ketones is 1. The molecule has 0 spiro atoms. The molecule has 10 heteroatoms. The van der Waals surface area contributed by atoms with Crippen LogP contribution in [0.25, 0.3) is 5.57 Å². The van der Waals surface area contributed by atoms with Crippen LogP contribution in [0.3, 0.4) is 0 Å². The van der Waals surface area contributed by atoms with Crippen LogP contribution < -0.4 is 9.47 Å². The molecule has 3 aromatic carbocycles. The van der Waals surface area contributed by atoms with E-state index in [4.69, 9.17) is 23.0 Å². The fourth-order valence-electron chi connectivity index (χ4n) is 5.66. The molecule has 9 nitrogen and oxygen atoms in total. The number of carbonyl (C=O) groups is 3. The van der Waals surface area contributed by atoms with Crippen LogP contribution in [0.1, 0.15) is 84.8 Å². The SMILES string of the molecule is C=C1C=C(CCC)c2ccc(OCc3cc(C(=O)OC)c(C)o3)cc2C1.COC(=O)c1ccoc1COc1ccc(C(=O)c2ccc(F)cc2)cc1. The van der Waals surface area contributed by atoms with E-state index < -0.39 is 17.8 Å². The average molecular weight is 707 g/mol. The fraction of sp³-hybridized carbons (Fsp3) is 0.214. The predicted molar refractivity (Wildman–Crippen MR) is 192 cm³/mol. The number of allylic oxidation sites excluding steroid dienone is 3. The van der Waals surface area contributed by atoms with E-state index in [-0.39, 0.29) is 19.0 Å². The number of hydrogen-bond acceptors (Lipinski definition) is 9. The first-order chi connectivity index (χ1) is 25.1. The van der Waals surface area contributed by atoms with E-state index in [1.165, 1.54) is 67.5 Å². The Morgan fingerprint density at radius 3 is 2.12 bits per heavy atom. The molecule has 0 aliphatic heterocycles. The van der Waals surface area contributed by atoms with E-state index in [2.05, 4.69) is 36.4 Å². The van der Waals surface area contributed by atoms with Crippen LogP contribution in [-0.4, -0.2) is 31.9 Å². The summed E-state index contributed by atoms with van der Waals surface area (Å²) in [6.07, 6.45) is 6.58. The average Bonchev–Trinajstić information content (AvgIpc) is 3.79. The summed E-state index contributed by atoms with van der Waals surface area (Å²) in [5.74, 6) is 1.25. The molecular weight excluding hydrogens is 667 g/mol. The second-order valence-electron chi connectivity index (χ2n) is 11.9. The number of furan rings is 2. The Kier molecular flexibility index (Phi) is 12.3. The summed E-state index contributed by atoms with van der Waals surface area (Å²) in [6.45, 7) is 8.36. The Balaban J connectivity index is 0.000000201. The van der Waals surface area contributed by atoms with Gasteiger partial charge in [-0.3, -0.25) is 4.79 Å². The van der Waals surface area contributed by atoms with Crippen molar-refractivity contribution in [3.05, 3.63) is 160 Å². The van der Waals surface area contributed by atoms with Crippen LogP contribution in [0, 0.1) is 12.7 Å². The van der Waals surface area contributed by atoms with Crippen molar-refractivity contribution in [2.45, 2.75) is 46.3 Å². The minimum Gasteiger partial charge on any atom is -0.486 e. The fourth-order valence-corrected chi connectivity index (χ4v) is 5.66. The smallest absolute Gasteiger partial charge is 0.341 e. The largest absolute Gasteiger partial charge is 0.486 e. The summed E-state index contributed by atoms with van der Waals surface area (Å²) in [5, 5.41) is 0. The molecule has 1 aliphatic rings. The van der Waals surface area contributed by atoms with Gasteiger partial charge in [-0.25, -0.2) is 14.0 Å². The maximum atomic E-state index is 12.9. The number of methoxy groups -OCH3 is 2. The standard InChI is InChI=1S/C22H24O4.C20H15FO5/c1-5-6-16-9-14(2)10-17-11-18(7-8-20(16)17)25-13-19-12-21(15(3)26-19)22(23)24-4;1-24-20(23)17-10-11-25-18(17)12-26-16-8-4-14(5-9-16)19(22)13-2-6-15(21)7-3-13/h7-9,11-12H,2,5-6,10,13H2,1,3-4H3;2-11H,12H2,1H3. The van der Waals surface area contributed by atoms with Gasteiger partial charge >= 0.3 is 11.9 Å². The Morgan fingerprint density at radius 1 is 0.808 bits per heavy atom.